The van der Waals surface area contributed by atoms with Crippen molar-refractivity contribution in [3.05, 3.63) is 18.0 Å². The van der Waals surface area contributed by atoms with Gasteiger partial charge in [-0.3, -0.25) is 0 Å². The van der Waals surface area contributed by atoms with Crippen LogP contribution in [0.2, 0.25) is 0 Å². The molecule has 0 aromatic carbocycles. The van der Waals surface area contributed by atoms with Gasteiger partial charge in [0.2, 0.25) is 5.95 Å². The Bertz CT molecular complexity index is 371. The molecule has 1 aromatic heterocycles. The average molecular weight is 276 g/mol. The Morgan fingerprint density at radius 2 is 1.85 bits per heavy atom. The number of aromatic nitrogens is 2. The first-order valence-electron chi connectivity index (χ1n) is 8.13. The van der Waals surface area contributed by atoms with Gasteiger partial charge in [-0.25, -0.2) is 9.97 Å². The number of nitrogens with one attached hydrogen (secondary N) is 1. The van der Waals surface area contributed by atoms with Crippen molar-refractivity contribution < 1.29 is 0 Å². The maximum Gasteiger partial charge on any atom is 0.225 e. The highest BCUT2D eigenvalue weighted by Crippen LogP contribution is 2.24. The van der Waals surface area contributed by atoms with E-state index in [-0.39, 0.29) is 0 Å². The Hall–Kier alpha value is -1.16. The highest BCUT2D eigenvalue weighted by atomic mass is 15.3. The summed E-state index contributed by atoms with van der Waals surface area (Å²) in [4.78, 5) is 11.5. The fraction of sp³-hybridized carbons (Fsp3) is 0.750. The van der Waals surface area contributed by atoms with E-state index in [9.17, 15) is 0 Å². The van der Waals surface area contributed by atoms with Gasteiger partial charge in [-0.2, -0.15) is 0 Å². The van der Waals surface area contributed by atoms with Gasteiger partial charge in [-0.15, -0.1) is 0 Å². The zero-order valence-corrected chi connectivity index (χ0v) is 12.9. The van der Waals surface area contributed by atoms with Crippen LogP contribution in [0.25, 0.3) is 0 Å². The normalized spacial score (nSPS) is 16.3. The van der Waals surface area contributed by atoms with Crippen molar-refractivity contribution in [2.75, 3.05) is 18.0 Å². The molecule has 0 aliphatic heterocycles. The predicted octanol–water partition coefficient (Wildman–Crippen LogP) is 3.14. The van der Waals surface area contributed by atoms with Crippen molar-refractivity contribution >= 4 is 5.95 Å². The first-order valence-corrected chi connectivity index (χ1v) is 8.13. The van der Waals surface area contributed by atoms with Gasteiger partial charge in [-0.05, 0) is 32.7 Å². The zero-order valence-electron chi connectivity index (χ0n) is 12.9. The van der Waals surface area contributed by atoms with Crippen LogP contribution in [0.3, 0.4) is 0 Å². The van der Waals surface area contributed by atoms with Crippen molar-refractivity contribution in [1.82, 2.24) is 15.3 Å². The fourth-order valence-electron chi connectivity index (χ4n) is 2.95. The van der Waals surface area contributed by atoms with Crippen LogP contribution >= 0.6 is 0 Å². The van der Waals surface area contributed by atoms with Crippen molar-refractivity contribution in [2.45, 2.75) is 65.0 Å². The molecule has 0 bridgehead atoms. The number of hydrogen-bond donors (Lipinski definition) is 1. The summed E-state index contributed by atoms with van der Waals surface area (Å²) < 4.78 is 0. The van der Waals surface area contributed by atoms with Gasteiger partial charge in [0.25, 0.3) is 0 Å². The molecule has 112 valence electrons. The molecule has 1 heterocycles. The Labute approximate surface area is 123 Å². The van der Waals surface area contributed by atoms with E-state index >= 15 is 0 Å². The molecule has 4 heteroatoms. The molecule has 20 heavy (non-hydrogen) atoms. The lowest BCUT2D eigenvalue weighted by Gasteiger charge is -2.33. The molecule has 1 aliphatic rings. The predicted molar refractivity (Wildman–Crippen MR) is 83.9 cm³/mol. The minimum atomic E-state index is 0.637. The lowest BCUT2D eigenvalue weighted by molar-refractivity contribution is 0.414. The lowest BCUT2D eigenvalue weighted by atomic mass is 9.94. The molecule has 0 atom stereocenters. The van der Waals surface area contributed by atoms with E-state index in [1.54, 1.807) is 0 Å². The van der Waals surface area contributed by atoms with Crippen LogP contribution in [0, 0.1) is 0 Å². The zero-order chi connectivity index (χ0) is 14.2. The number of nitrogens with zero attached hydrogens (tertiary/aromatic N) is 3. The van der Waals surface area contributed by atoms with Crippen LogP contribution in [0.15, 0.2) is 12.4 Å². The summed E-state index contributed by atoms with van der Waals surface area (Å²) in [6.45, 7) is 7.29. The smallest absolute Gasteiger partial charge is 0.225 e. The topological polar surface area (TPSA) is 41.1 Å². The lowest BCUT2D eigenvalue weighted by Crippen LogP contribution is -2.37. The first-order chi connectivity index (χ1) is 9.85. The second-order valence-electron chi connectivity index (χ2n) is 5.65. The van der Waals surface area contributed by atoms with Crippen molar-refractivity contribution in [2.24, 2.45) is 0 Å². The van der Waals surface area contributed by atoms with E-state index in [1.165, 1.54) is 37.7 Å². The first kappa shape index (κ1) is 15.2. The molecular formula is C16H28N4. The minimum absolute atomic E-state index is 0.637. The minimum Gasteiger partial charge on any atom is -0.338 e. The van der Waals surface area contributed by atoms with E-state index in [4.69, 9.17) is 0 Å². The molecule has 0 radical (unpaired) electrons. The maximum atomic E-state index is 4.58. The van der Waals surface area contributed by atoms with E-state index in [0.717, 1.165) is 32.0 Å². The van der Waals surface area contributed by atoms with Crippen molar-refractivity contribution in [3.8, 4) is 0 Å². The van der Waals surface area contributed by atoms with Gasteiger partial charge >= 0.3 is 0 Å². The summed E-state index contributed by atoms with van der Waals surface area (Å²) in [5.41, 5.74) is 1.17. The molecule has 1 fully saturated rings. The highest BCUT2D eigenvalue weighted by molar-refractivity contribution is 5.31. The number of anilines is 1. The van der Waals surface area contributed by atoms with Gasteiger partial charge in [0.05, 0.1) is 0 Å². The maximum absolute atomic E-state index is 4.58. The Morgan fingerprint density at radius 3 is 2.45 bits per heavy atom. The van der Waals surface area contributed by atoms with E-state index in [2.05, 4.69) is 34.0 Å². The molecule has 0 saturated heterocycles. The number of hydrogen-bond acceptors (Lipinski definition) is 4. The summed E-state index contributed by atoms with van der Waals surface area (Å²) in [6.07, 6.45) is 11.8. The molecule has 1 aromatic rings. The van der Waals surface area contributed by atoms with Gasteiger partial charge in [0, 0.05) is 37.1 Å². The second kappa shape index (κ2) is 8.20. The van der Waals surface area contributed by atoms with Crippen molar-refractivity contribution in [3.63, 3.8) is 0 Å². The summed E-state index contributed by atoms with van der Waals surface area (Å²) in [5, 5.41) is 3.38. The molecule has 0 amide bonds. The fourth-order valence-corrected chi connectivity index (χ4v) is 2.95. The summed E-state index contributed by atoms with van der Waals surface area (Å²) in [6, 6.07) is 0.637. The molecule has 1 N–H and O–H groups in total. The SMILES string of the molecule is CCCNCc1cnc(N(CC)C2CCCCC2)nc1. The number of rotatable bonds is 7. The quantitative estimate of drug-likeness (QED) is 0.777. The third kappa shape index (κ3) is 4.17. The second-order valence-corrected chi connectivity index (χ2v) is 5.65. The molecule has 0 spiro atoms. The van der Waals surface area contributed by atoms with Crippen LogP contribution in [-0.4, -0.2) is 29.1 Å². The van der Waals surface area contributed by atoms with E-state index in [0.29, 0.717) is 6.04 Å². The third-order valence-corrected chi connectivity index (χ3v) is 4.06. The van der Waals surface area contributed by atoms with E-state index in [1.807, 2.05) is 12.4 Å². The van der Waals surface area contributed by atoms with Gasteiger partial charge in [0.15, 0.2) is 0 Å². The molecule has 1 aliphatic carbocycles. The molecule has 1 saturated carbocycles. The highest BCUT2D eigenvalue weighted by Gasteiger charge is 2.21. The monoisotopic (exact) mass is 276 g/mol. The summed E-state index contributed by atoms with van der Waals surface area (Å²) >= 11 is 0. The summed E-state index contributed by atoms with van der Waals surface area (Å²) in [7, 11) is 0. The van der Waals surface area contributed by atoms with Crippen LogP contribution < -0.4 is 10.2 Å². The van der Waals surface area contributed by atoms with Crippen LogP contribution in [-0.2, 0) is 6.54 Å². The largest absolute Gasteiger partial charge is 0.338 e. The summed E-state index contributed by atoms with van der Waals surface area (Å²) in [5.74, 6) is 0.902. The van der Waals surface area contributed by atoms with Gasteiger partial charge in [0.1, 0.15) is 0 Å². The molecular weight excluding hydrogens is 248 g/mol. The van der Waals surface area contributed by atoms with E-state index < -0.39 is 0 Å². The molecule has 0 unspecified atom stereocenters. The standard InChI is InChI=1S/C16H28N4/c1-3-10-17-11-14-12-18-16(19-13-14)20(4-2)15-8-6-5-7-9-15/h12-13,15,17H,3-11H2,1-2H3. The van der Waals surface area contributed by atoms with Gasteiger partial charge in [-0.1, -0.05) is 26.2 Å². The Balaban J connectivity index is 1.95. The Morgan fingerprint density at radius 1 is 1.15 bits per heavy atom. The average Bonchev–Trinajstić information content (AvgIpc) is 2.51. The third-order valence-electron chi connectivity index (χ3n) is 4.06. The molecule has 4 nitrogen and oxygen atoms in total. The Kier molecular flexibility index (Phi) is 6.25. The van der Waals surface area contributed by atoms with Gasteiger partial charge < -0.3 is 10.2 Å². The molecule has 2 rings (SSSR count). The van der Waals surface area contributed by atoms with Crippen molar-refractivity contribution in [1.29, 1.82) is 0 Å². The van der Waals surface area contributed by atoms with Crippen LogP contribution in [0.1, 0.15) is 57.9 Å². The van der Waals surface area contributed by atoms with Crippen LogP contribution in [0.4, 0.5) is 5.95 Å². The van der Waals surface area contributed by atoms with Crippen LogP contribution in [0.5, 0.6) is 0 Å².